The molecule has 0 aromatic heterocycles. The highest BCUT2D eigenvalue weighted by Gasteiger charge is 2.46. The van der Waals surface area contributed by atoms with Crippen LogP contribution in [0.2, 0.25) is 0 Å². The Labute approximate surface area is 123 Å². The number of hydrogen-bond acceptors (Lipinski definition) is 3. The van der Waals surface area contributed by atoms with E-state index in [1.54, 1.807) is 0 Å². The summed E-state index contributed by atoms with van der Waals surface area (Å²) in [7, 11) is 0. The van der Waals surface area contributed by atoms with Gasteiger partial charge in [-0.05, 0) is 50.4 Å². The molecule has 116 valence electrons. The van der Waals surface area contributed by atoms with Crippen molar-refractivity contribution in [3.63, 3.8) is 0 Å². The molecule has 20 heavy (non-hydrogen) atoms. The van der Waals surface area contributed by atoms with E-state index >= 15 is 0 Å². The zero-order valence-corrected chi connectivity index (χ0v) is 13.5. The van der Waals surface area contributed by atoms with E-state index in [-0.39, 0.29) is 18.1 Å². The number of ether oxygens (including phenoxy) is 1. The molecule has 5 atom stereocenters. The van der Waals surface area contributed by atoms with Gasteiger partial charge in [0.1, 0.15) is 6.10 Å². The van der Waals surface area contributed by atoms with E-state index in [2.05, 4.69) is 20.8 Å². The predicted molar refractivity (Wildman–Crippen MR) is 81.2 cm³/mol. The number of carbonyl (C=O) groups excluding carboxylic acids is 1. The van der Waals surface area contributed by atoms with Crippen LogP contribution in [0.4, 0.5) is 0 Å². The lowest BCUT2D eigenvalue weighted by atomic mass is 9.75. The standard InChI is InChI=1S/C17H31NO2/c1-11(2)13-8-7-12(3)10-14(13)20-16(19)17(4)9-5-6-15(17)18/h11-15H,5-10,18H2,1-4H3. The topological polar surface area (TPSA) is 52.3 Å². The fourth-order valence-corrected chi connectivity index (χ4v) is 3.97. The van der Waals surface area contributed by atoms with Gasteiger partial charge in [-0.2, -0.15) is 0 Å². The van der Waals surface area contributed by atoms with E-state index in [1.165, 1.54) is 12.8 Å². The van der Waals surface area contributed by atoms with Crippen LogP contribution in [0, 0.1) is 23.2 Å². The molecule has 0 amide bonds. The summed E-state index contributed by atoms with van der Waals surface area (Å²) in [6.45, 7) is 8.74. The number of rotatable bonds is 3. The molecule has 0 aromatic rings. The third kappa shape index (κ3) is 3.03. The second-order valence-electron chi connectivity index (χ2n) is 7.69. The lowest BCUT2D eigenvalue weighted by Crippen LogP contribution is -2.45. The fourth-order valence-electron chi connectivity index (χ4n) is 3.97. The maximum Gasteiger partial charge on any atom is 0.313 e. The Bertz CT molecular complexity index is 355. The second kappa shape index (κ2) is 6.05. The van der Waals surface area contributed by atoms with Crippen LogP contribution in [-0.4, -0.2) is 18.1 Å². The van der Waals surface area contributed by atoms with Crippen LogP contribution in [-0.2, 0) is 9.53 Å². The average molecular weight is 281 g/mol. The van der Waals surface area contributed by atoms with Crippen molar-refractivity contribution in [2.24, 2.45) is 28.9 Å². The molecular weight excluding hydrogens is 250 g/mol. The van der Waals surface area contributed by atoms with E-state index in [4.69, 9.17) is 10.5 Å². The fraction of sp³-hybridized carbons (Fsp3) is 0.941. The number of hydrogen-bond donors (Lipinski definition) is 1. The van der Waals surface area contributed by atoms with Crippen molar-refractivity contribution in [3.8, 4) is 0 Å². The SMILES string of the molecule is CC1CCC(C(C)C)C(OC(=O)C2(C)CCCC2N)C1. The van der Waals surface area contributed by atoms with E-state index in [9.17, 15) is 4.79 Å². The predicted octanol–water partition coefficient (Wildman–Crippen LogP) is 3.51. The highest BCUT2D eigenvalue weighted by Crippen LogP contribution is 2.41. The van der Waals surface area contributed by atoms with Gasteiger partial charge < -0.3 is 10.5 Å². The minimum absolute atomic E-state index is 0.0338. The van der Waals surface area contributed by atoms with Gasteiger partial charge in [0.2, 0.25) is 0 Å². The van der Waals surface area contributed by atoms with Gasteiger partial charge in [0.25, 0.3) is 0 Å². The molecule has 2 N–H and O–H groups in total. The normalized spacial score (nSPS) is 41.9. The summed E-state index contributed by atoms with van der Waals surface area (Å²) in [4.78, 5) is 12.6. The van der Waals surface area contributed by atoms with Crippen LogP contribution in [0.15, 0.2) is 0 Å². The van der Waals surface area contributed by atoms with Gasteiger partial charge in [-0.1, -0.05) is 33.6 Å². The van der Waals surface area contributed by atoms with E-state index in [1.807, 2.05) is 6.92 Å². The zero-order valence-electron chi connectivity index (χ0n) is 13.5. The highest BCUT2D eigenvalue weighted by molar-refractivity contribution is 5.78. The third-order valence-corrected chi connectivity index (χ3v) is 5.72. The van der Waals surface area contributed by atoms with Crippen molar-refractivity contribution < 1.29 is 9.53 Å². The first kappa shape index (κ1) is 15.8. The smallest absolute Gasteiger partial charge is 0.313 e. The summed E-state index contributed by atoms with van der Waals surface area (Å²) in [6.07, 6.45) is 6.41. The Kier molecular flexibility index (Phi) is 4.78. The van der Waals surface area contributed by atoms with Crippen LogP contribution < -0.4 is 5.73 Å². The first-order valence-corrected chi connectivity index (χ1v) is 8.31. The Morgan fingerprint density at radius 3 is 2.55 bits per heavy atom. The highest BCUT2D eigenvalue weighted by atomic mass is 16.5. The molecule has 0 aliphatic heterocycles. The summed E-state index contributed by atoms with van der Waals surface area (Å²) in [6, 6.07) is -0.0338. The molecule has 0 heterocycles. The van der Waals surface area contributed by atoms with Crippen LogP contribution in [0.3, 0.4) is 0 Å². The van der Waals surface area contributed by atoms with Crippen LogP contribution >= 0.6 is 0 Å². The summed E-state index contributed by atoms with van der Waals surface area (Å²) in [5.41, 5.74) is 5.68. The molecule has 2 rings (SSSR count). The van der Waals surface area contributed by atoms with Gasteiger partial charge in [0, 0.05) is 6.04 Å². The average Bonchev–Trinajstić information content (AvgIpc) is 2.70. The maximum absolute atomic E-state index is 12.6. The van der Waals surface area contributed by atoms with Gasteiger partial charge in [0.15, 0.2) is 0 Å². The lowest BCUT2D eigenvalue weighted by molar-refractivity contribution is -0.167. The van der Waals surface area contributed by atoms with Crippen molar-refractivity contribution in [1.82, 2.24) is 0 Å². The summed E-state index contributed by atoms with van der Waals surface area (Å²) < 4.78 is 5.97. The monoisotopic (exact) mass is 281 g/mol. The Morgan fingerprint density at radius 2 is 2.00 bits per heavy atom. The van der Waals surface area contributed by atoms with Crippen molar-refractivity contribution >= 4 is 5.97 Å². The van der Waals surface area contributed by atoms with E-state index < -0.39 is 5.41 Å². The maximum atomic E-state index is 12.6. The molecular formula is C17H31NO2. The first-order valence-electron chi connectivity index (χ1n) is 8.31. The molecule has 2 fully saturated rings. The molecule has 3 nitrogen and oxygen atoms in total. The van der Waals surface area contributed by atoms with Gasteiger partial charge >= 0.3 is 5.97 Å². The molecule has 0 saturated heterocycles. The molecule has 0 radical (unpaired) electrons. The number of esters is 1. The largest absolute Gasteiger partial charge is 0.462 e. The van der Waals surface area contributed by atoms with Crippen LogP contribution in [0.5, 0.6) is 0 Å². The minimum Gasteiger partial charge on any atom is -0.462 e. The second-order valence-corrected chi connectivity index (χ2v) is 7.69. The molecule has 2 aliphatic rings. The van der Waals surface area contributed by atoms with Crippen LogP contribution in [0.1, 0.15) is 66.2 Å². The van der Waals surface area contributed by atoms with Crippen molar-refractivity contribution in [3.05, 3.63) is 0 Å². The van der Waals surface area contributed by atoms with Crippen molar-refractivity contribution in [2.45, 2.75) is 78.4 Å². The first-order chi connectivity index (χ1) is 9.34. The molecule has 0 spiro atoms. The molecule has 0 aromatic carbocycles. The van der Waals surface area contributed by atoms with Crippen LogP contribution in [0.25, 0.3) is 0 Å². The Balaban J connectivity index is 2.04. The van der Waals surface area contributed by atoms with Gasteiger partial charge in [-0.15, -0.1) is 0 Å². The lowest BCUT2D eigenvalue weighted by Gasteiger charge is -2.39. The van der Waals surface area contributed by atoms with E-state index in [0.717, 1.165) is 25.7 Å². The zero-order chi connectivity index (χ0) is 14.9. The number of nitrogens with two attached hydrogens (primary N) is 1. The molecule has 2 aliphatic carbocycles. The summed E-state index contributed by atoms with van der Waals surface area (Å²) in [5, 5.41) is 0. The Hall–Kier alpha value is -0.570. The van der Waals surface area contributed by atoms with Gasteiger partial charge in [-0.25, -0.2) is 0 Å². The molecule has 3 heteroatoms. The summed E-state index contributed by atoms with van der Waals surface area (Å²) >= 11 is 0. The van der Waals surface area contributed by atoms with Crippen molar-refractivity contribution in [2.75, 3.05) is 0 Å². The minimum atomic E-state index is -0.456. The van der Waals surface area contributed by atoms with E-state index in [0.29, 0.717) is 17.8 Å². The molecule has 2 saturated carbocycles. The van der Waals surface area contributed by atoms with Gasteiger partial charge in [0.05, 0.1) is 5.41 Å². The number of carbonyl (C=O) groups is 1. The van der Waals surface area contributed by atoms with Gasteiger partial charge in [-0.3, -0.25) is 4.79 Å². The van der Waals surface area contributed by atoms with Crippen molar-refractivity contribution in [1.29, 1.82) is 0 Å². The Morgan fingerprint density at radius 1 is 1.30 bits per heavy atom. The quantitative estimate of drug-likeness (QED) is 0.805. The molecule has 0 bridgehead atoms. The summed E-state index contributed by atoms with van der Waals surface area (Å²) in [5.74, 6) is 1.70. The molecule has 5 unspecified atom stereocenters. The third-order valence-electron chi connectivity index (χ3n) is 5.72.